The van der Waals surface area contributed by atoms with Crippen molar-refractivity contribution < 1.29 is 9.47 Å². The smallest absolute Gasteiger partial charge is 0.191 e. The molecular formula is C20H29N5O2. The molecule has 3 rings (SSSR count). The van der Waals surface area contributed by atoms with Crippen molar-refractivity contribution >= 4 is 5.96 Å². The molecule has 1 aromatic heterocycles. The van der Waals surface area contributed by atoms with E-state index in [-0.39, 0.29) is 0 Å². The van der Waals surface area contributed by atoms with Gasteiger partial charge < -0.3 is 20.1 Å². The topological polar surface area (TPSA) is 72.7 Å². The van der Waals surface area contributed by atoms with Gasteiger partial charge in [0.05, 0.1) is 25.5 Å². The fourth-order valence-electron chi connectivity index (χ4n) is 3.25. The van der Waals surface area contributed by atoms with Crippen molar-refractivity contribution in [3.8, 4) is 11.5 Å². The molecule has 1 heterocycles. The van der Waals surface area contributed by atoms with Gasteiger partial charge in [-0.05, 0) is 43.9 Å². The van der Waals surface area contributed by atoms with Crippen LogP contribution in [0.4, 0.5) is 0 Å². The van der Waals surface area contributed by atoms with Crippen LogP contribution in [0.25, 0.3) is 0 Å². The van der Waals surface area contributed by atoms with E-state index in [0.717, 1.165) is 41.6 Å². The van der Waals surface area contributed by atoms with Gasteiger partial charge in [0, 0.05) is 38.5 Å². The molecule has 0 aliphatic heterocycles. The zero-order valence-electron chi connectivity index (χ0n) is 16.4. The third kappa shape index (κ3) is 5.15. The summed E-state index contributed by atoms with van der Waals surface area (Å²) in [5.74, 6) is 2.43. The lowest BCUT2D eigenvalue weighted by atomic mass is 10.2. The van der Waals surface area contributed by atoms with E-state index in [9.17, 15) is 0 Å². The van der Waals surface area contributed by atoms with Crippen LogP contribution in [0.15, 0.2) is 35.5 Å². The Bertz CT molecular complexity index is 765. The number of guanidine groups is 1. The van der Waals surface area contributed by atoms with Crippen molar-refractivity contribution in [1.82, 2.24) is 20.4 Å². The Kier molecular flexibility index (Phi) is 6.57. The van der Waals surface area contributed by atoms with Crippen molar-refractivity contribution in [2.24, 2.45) is 12.0 Å². The van der Waals surface area contributed by atoms with Gasteiger partial charge in [0.2, 0.25) is 0 Å². The molecule has 0 spiro atoms. The number of benzene rings is 1. The molecule has 0 bridgehead atoms. The molecule has 0 amide bonds. The molecule has 1 aromatic carbocycles. The number of hydrogen-bond acceptors (Lipinski definition) is 4. The minimum atomic E-state index is 0.304. The Morgan fingerprint density at radius 1 is 1.22 bits per heavy atom. The van der Waals surface area contributed by atoms with Crippen LogP contribution in [0.1, 0.15) is 36.9 Å². The number of nitrogens with one attached hydrogen (secondary N) is 2. The molecule has 1 aliphatic rings. The molecule has 7 heteroatoms. The highest BCUT2D eigenvalue weighted by molar-refractivity contribution is 5.79. The highest BCUT2D eigenvalue weighted by atomic mass is 16.5. The molecule has 0 radical (unpaired) electrons. The normalized spacial score (nSPS) is 15.0. The van der Waals surface area contributed by atoms with Crippen molar-refractivity contribution in [2.45, 2.75) is 44.9 Å². The number of aryl methyl sites for hydroxylation is 1. The summed E-state index contributed by atoms with van der Waals surface area (Å²) >= 11 is 0. The number of nitrogens with zero attached hydrogens (tertiary/aromatic N) is 3. The molecule has 2 N–H and O–H groups in total. The summed E-state index contributed by atoms with van der Waals surface area (Å²) in [5.41, 5.74) is 2.18. The second-order valence-corrected chi connectivity index (χ2v) is 6.72. The van der Waals surface area contributed by atoms with Gasteiger partial charge >= 0.3 is 0 Å². The molecule has 27 heavy (non-hydrogen) atoms. The highest BCUT2D eigenvalue weighted by Gasteiger charge is 2.18. The fraction of sp³-hybridized carbons (Fsp3) is 0.500. The number of ether oxygens (including phenoxy) is 2. The number of methoxy groups -OCH3 is 1. The quantitative estimate of drug-likeness (QED) is 0.578. The Morgan fingerprint density at radius 3 is 2.67 bits per heavy atom. The maximum atomic E-state index is 6.26. The number of aliphatic imine (C=N–C) groups is 1. The summed E-state index contributed by atoms with van der Waals surface area (Å²) in [5, 5.41) is 10.8. The van der Waals surface area contributed by atoms with Gasteiger partial charge in [-0.1, -0.05) is 0 Å². The zero-order valence-corrected chi connectivity index (χ0v) is 16.4. The average Bonchev–Trinajstić information content (AvgIpc) is 3.34. The van der Waals surface area contributed by atoms with Crippen LogP contribution < -0.4 is 20.1 Å². The Labute approximate surface area is 160 Å². The molecule has 0 atom stereocenters. The van der Waals surface area contributed by atoms with E-state index in [1.807, 2.05) is 36.0 Å². The summed E-state index contributed by atoms with van der Waals surface area (Å²) < 4.78 is 13.5. The minimum Gasteiger partial charge on any atom is -0.497 e. The summed E-state index contributed by atoms with van der Waals surface area (Å²) in [6.45, 7) is 1.28. The first-order valence-corrected chi connectivity index (χ1v) is 9.44. The maximum Gasteiger partial charge on any atom is 0.191 e. The van der Waals surface area contributed by atoms with E-state index < -0.39 is 0 Å². The SMILES string of the molecule is CN=C(NCc1ccc(OC)cc1OC1CCCC1)NCc1ccnn1C. The monoisotopic (exact) mass is 371 g/mol. The molecule has 1 fully saturated rings. The van der Waals surface area contributed by atoms with E-state index in [1.165, 1.54) is 12.8 Å². The van der Waals surface area contributed by atoms with E-state index >= 15 is 0 Å². The summed E-state index contributed by atoms with van der Waals surface area (Å²) in [7, 11) is 5.37. The van der Waals surface area contributed by atoms with Crippen LogP contribution in [0.3, 0.4) is 0 Å². The van der Waals surface area contributed by atoms with Crippen molar-refractivity contribution in [1.29, 1.82) is 0 Å². The third-order valence-electron chi connectivity index (χ3n) is 4.90. The average molecular weight is 371 g/mol. The van der Waals surface area contributed by atoms with E-state index in [2.05, 4.69) is 20.7 Å². The van der Waals surface area contributed by atoms with Crippen LogP contribution in [-0.2, 0) is 20.1 Å². The first-order valence-electron chi connectivity index (χ1n) is 9.44. The molecule has 7 nitrogen and oxygen atoms in total. The molecule has 1 aliphatic carbocycles. The predicted molar refractivity (Wildman–Crippen MR) is 106 cm³/mol. The Hall–Kier alpha value is -2.70. The number of rotatable bonds is 7. The fourth-order valence-corrected chi connectivity index (χ4v) is 3.25. The van der Waals surface area contributed by atoms with Gasteiger partial charge in [0.1, 0.15) is 11.5 Å². The summed E-state index contributed by atoms with van der Waals surface area (Å²) in [6, 6.07) is 7.97. The molecule has 146 valence electrons. The van der Waals surface area contributed by atoms with Gasteiger partial charge in [-0.15, -0.1) is 0 Å². The lowest BCUT2D eigenvalue weighted by Crippen LogP contribution is -2.36. The lowest BCUT2D eigenvalue weighted by Gasteiger charge is -2.19. The van der Waals surface area contributed by atoms with Gasteiger partial charge in [0.15, 0.2) is 5.96 Å². The van der Waals surface area contributed by atoms with Gasteiger partial charge in [-0.25, -0.2) is 0 Å². The highest BCUT2D eigenvalue weighted by Crippen LogP contribution is 2.29. The Morgan fingerprint density at radius 2 is 2.00 bits per heavy atom. The first kappa shape index (κ1) is 19.1. The second-order valence-electron chi connectivity index (χ2n) is 6.72. The molecular weight excluding hydrogens is 342 g/mol. The first-order chi connectivity index (χ1) is 13.2. The van der Waals surface area contributed by atoms with E-state index in [4.69, 9.17) is 9.47 Å². The predicted octanol–water partition coefficient (Wildman–Crippen LogP) is 2.62. The number of hydrogen-bond donors (Lipinski definition) is 2. The summed E-state index contributed by atoms with van der Waals surface area (Å²) in [6.07, 6.45) is 6.82. The van der Waals surface area contributed by atoms with Gasteiger partial charge in [-0.3, -0.25) is 9.67 Å². The summed E-state index contributed by atoms with van der Waals surface area (Å²) in [4.78, 5) is 4.30. The zero-order chi connectivity index (χ0) is 19.1. The van der Waals surface area contributed by atoms with Crippen LogP contribution >= 0.6 is 0 Å². The van der Waals surface area contributed by atoms with Gasteiger partial charge in [0.25, 0.3) is 0 Å². The van der Waals surface area contributed by atoms with E-state index in [0.29, 0.717) is 19.2 Å². The second kappa shape index (κ2) is 9.30. The lowest BCUT2D eigenvalue weighted by molar-refractivity contribution is 0.207. The van der Waals surface area contributed by atoms with Crippen molar-refractivity contribution in [3.05, 3.63) is 41.7 Å². The van der Waals surface area contributed by atoms with Gasteiger partial charge in [-0.2, -0.15) is 5.10 Å². The van der Waals surface area contributed by atoms with Crippen molar-refractivity contribution in [3.63, 3.8) is 0 Å². The van der Waals surface area contributed by atoms with E-state index in [1.54, 1.807) is 20.4 Å². The molecule has 2 aromatic rings. The minimum absolute atomic E-state index is 0.304. The third-order valence-corrected chi connectivity index (χ3v) is 4.90. The largest absolute Gasteiger partial charge is 0.497 e. The molecule has 0 saturated heterocycles. The number of aromatic nitrogens is 2. The maximum absolute atomic E-state index is 6.26. The van der Waals surface area contributed by atoms with Crippen LogP contribution in [-0.4, -0.2) is 36.0 Å². The van der Waals surface area contributed by atoms with Crippen molar-refractivity contribution in [2.75, 3.05) is 14.2 Å². The van der Waals surface area contributed by atoms with Crippen LogP contribution in [0, 0.1) is 0 Å². The standard InChI is InChI=1S/C20H29N5O2/c1-21-20(23-14-16-10-11-24-25(16)2)22-13-15-8-9-18(26-3)12-19(15)27-17-6-4-5-7-17/h8-12,17H,4-7,13-14H2,1-3H3,(H2,21,22,23). The van der Waals surface area contributed by atoms with Crippen LogP contribution in [0.5, 0.6) is 11.5 Å². The van der Waals surface area contributed by atoms with Crippen LogP contribution in [0.2, 0.25) is 0 Å². The Balaban J connectivity index is 1.62. The molecule has 1 saturated carbocycles. The molecule has 0 unspecified atom stereocenters.